The van der Waals surface area contributed by atoms with Crippen molar-refractivity contribution in [2.75, 3.05) is 33.8 Å². The van der Waals surface area contributed by atoms with Crippen molar-refractivity contribution in [1.29, 1.82) is 0 Å². The zero-order chi connectivity index (χ0) is 19.6. The Balaban J connectivity index is 1.57. The van der Waals surface area contributed by atoms with Crippen LogP contribution in [0.2, 0.25) is 0 Å². The number of benzene rings is 2. The van der Waals surface area contributed by atoms with Gasteiger partial charge in [0.25, 0.3) is 0 Å². The average Bonchev–Trinajstić information content (AvgIpc) is 2.64. The third kappa shape index (κ3) is 4.31. The molecule has 0 amide bonds. The molecule has 1 heterocycles. The van der Waals surface area contributed by atoms with E-state index < -0.39 is 10.0 Å². The molecule has 3 rings (SSSR count). The molecule has 2 aromatic carbocycles. The summed E-state index contributed by atoms with van der Waals surface area (Å²) in [5.74, 6) is 0.426. The topological polar surface area (TPSA) is 49.9 Å². The Morgan fingerprint density at radius 1 is 1.19 bits per heavy atom. The molecule has 146 valence electrons. The number of sulfonamides is 1. The Hall–Kier alpha value is -1.96. The van der Waals surface area contributed by atoms with Crippen molar-refractivity contribution in [3.8, 4) is 5.75 Å². The summed E-state index contributed by atoms with van der Waals surface area (Å²) < 4.78 is 44.7. The fourth-order valence-corrected chi connectivity index (χ4v) is 4.24. The fraction of sp³-hybridized carbons (Fsp3) is 0.400. The van der Waals surface area contributed by atoms with Crippen LogP contribution in [0.15, 0.2) is 47.4 Å². The van der Waals surface area contributed by atoms with Gasteiger partial charge in [0.1, 0.15) is 18.2 Å². The van der Waals surface area contributed by atoms with E-state index in [0.717, 1.165) is 25.1 Å². The highest BCUT2D eigenvalue weighted by molar-refractivity contribution is 7.89. The average molecular weight is 392 g/mol. The van der Waals surface area contributed by atoms with Crippen molar-refractivity contribution in [1.82, 2.24) is 9.21 Å². The number of rotatable bonds is 6. The van der Waals surface area contributed by atoms with Gasteiger partial charge in [-0.25, -0.2) is 17.1 Å². The Morgan fingerprint density at radius 2 is 1.89 bits per heavy atom. The molecule has 0 spiro atoms. The van der Waals surface area contributed by atoms with Crippen molar-refractivity contribution >= 4 is 10.0 Å². The normalized spacial score (nSPS) is 17.7. The van der Waals surface area contributed by atoms with Crippen LogP contribution in [0.3, 0.4) is 0 Å². The molecule has 1 aliphatic heterocycles. The maximum absolute atomic E-state index is 13.5. The highest BCUT2D eigenvalue weighted by Crippen LogP contribution is 2.29. The molecule has 0 saturated carbocycles. The standard InChI is InChI=1S/C20H25FN2O3S/c1-15-20-14-17(21)5-4-16(20)10-11-23(15)12-13-26-18-6-8-19(9-7-18)27(24,25)22(2)3/h4-9,14-15H,10-13H2,1-3H3. The third-order valence-corrected chi connectivity index (χ3v) is 6.85. The van der Waals surface area contributed by atoms with Crippen molar-refractivity contribution in [2.24, 2.45) is 0 Å². The molecule has 2 aromatic rings. The second-order valence-electron chi connectivity index (χ2n) is 6.91. The SMILES string of the molecule is CC1c2cc(F)ccc2CCN1CCOc1ccc(S(=O)(=O)N(C)C)cc1. The maximum Gasteiger partial charge on any atom is 0.242 e. The molecule has 27 heavy (non-hydrogen) atoms. The summed E-state index contributed by atoms with van der Waals surface area (Å²) in [5, 5.41) is 0. The Morgan fingerprint density at radius 3 is 2.56 bits per heavy atom. The zero-order valence-electron chi connectivity index (χ0n) is 15.9. The van der Waals surface area contributed by atoms with Gasteiger partial charge >= 0.3 is 0 Å². The summed E-state index contributed by atoms with van der Waals surface area (Å²) in [6.07, 6.45) is 0.900. The van der Waals surface area contributed by atoms with Crippen molar-refractivity contribution in [3.63, 3.8) is 0 Å². The van der Waals surface area contributed by atoms with Crippen LogP contribution < -0.4 is 4.74 Å². The molecule has 0 aliphatic carbocycles. The van der Waals surface area contributed by atoms with Crippen LogP contribution >= 0.6 is 0 Å². The van der Waals surface area contributed by atoms with Crippen LogP contribution in [0.5, 0.6) is 5.75 Å². The first-order valence-electron chi connectivity index (χ1n) is 8.97. The molecule has 0 bridgehead atoms. The van der Waals surface area contributed by atoms with Gasteiger partial charge in [0.05, 0.1) is 4.90 Å². The van der Waals surface area contributed by atoms with Gasteiger partial charge in [-0.1, -0.05) is 6.07 Å². The minimum absolute atomic E-state index is 0.140. The molecule has 1 unspecified atom stereocenters. The minimum atomic E-state index is -3.43. The molecule has 0 fully saturated rings. The lowest BCUT2D eigenvalue weighted by molar-refractivity contribution is 0.159. The predicted octanol–water partition coefficient (Wildman–Crippen LogP) is 3.07. The Kier molecular flexibility index (Phi) is 5.83. The van der Waals surface area contributed by atoms with Crippen LogP contribution in [0.1, 0.15) is 24.1 Å². The van der Waals surface area contributed by atoms with Gasteiger partial charge < -0.3 is 4.74 Å². The highest BCUT2D eigenvalue weighted by Gasteiger charge is 2.24. The molecular weight excluding hydrogens is 367 g/mol. The van der Waals surface area contributed by atoms with Crippen LogP contribution in [0, 0.1) is 5.82 Å². The molecule has 7 heteroatoms. The summed E-state index contributed by atoms with van der Waals surface area (Å²) >= 11 is 0. The largest absolute Gasteiger partial charge is 0.492 e. The van der Waals surface area contributed by atoms with Gasteiger partial charge in [-0.2, -0.15) is 0 Å². The van der Waals surface area contributed by atoms with E-state index in [1.165, 1.54) is 30.0 Å². The third-order valence-electron chi connectivity index (χ3n) is 5.02. The summed E-state index contributed by atoms with van der Waals surface area (Å²) in [6, 6.07) is 11.6. The van der Waals surface area contributed by atoms with Gasteiger partial charge in [0, 0.05) is 33.2 Å². The molecule has 1 atom stereocenters. The summed E-state index contributed by atoms with van der Waals surface area (Å²) in [6.45, 7) is 4.19. The first-order valence-corrected chi connectivity index (χ1v) is 10.4. The lowest BCUT2D eigenvalue weighted by Crippen LogP contribution is -2.36. The lowest BCUT2D eigenvalue weighted by atomic mass is 9.93. The molecule has 0 aromatic heterocycles. The van der Waals surface area contributed by atoms with Gasteiger partial charge in [0.2, 0.25) is 10.0 Å². The molecule has 5 nitrogen and oxygen atoms in total. The van der Waals surface area contributed by atoms with Gasteiger partial charge in [-0.15, -0.1) is 0 Å². The van der Waals surface area contributed by atoms with Gasteiger partial charge in [-0.05, 0) is 60.9 Å². The van der Waals surface area contributed by atoms with E-state index in [0.29, 0.717) is 12.4 Å². The summed E-state index contributed by atoms with van der Waals surface area (Å²) in [7, 11) is -0.425. The molecule has 0 radical (unpaired) electrons. The fourth-order valence-electron chi connectivity index (χ4n) is 3.34. The number of hydrogen-bond donors (Lipinski definition) is 0. The van der Waals surface area contributed by atoms with Gasteiger partial charge in [0.15, 0.2) is 0 Å². The van der Waals surface area contributed by atoms with E-state index in [-0.39, 0.29) is 16.8 Å². The van der Waals surface area contributed by atoms with E-state index >= 15 is 0 Å². The van der Waals surface area contributed by atoms with Crippen LogP contribution in [-0.4, -0.2) is 51.4 Å². The zero-order valence-corrected chi connectivity index (χ0v) is 16.7. The first-order chi connectivity index (χ1) is 12.8. The summed E-state index contributed by atoms with van der Waals surface area (Å²) in [5.41, 5.74) is 2.25. The number of ether oxygens (including phenoxy) is 1. The Bertz CT molecular complexity index is 898. The monoisotopic (exact) mass is 392 g/mol. The Labute approximate surface area is 160 Å². The predicted molar refractivity (Wildman–Crippen MR) is 103 cm³/mol. The van der Waals surface area contributed by atoms with E-state index in [1.807, 2.05) is 6.07 Å². The van der Waals surface area contributed by atoms with Gasteiger partial charge in [-0.3, -0.25) is 4.90 Å². The van der Waals surface area contributed by atoms with E-state index in [1.54, 1.807) is 30.3 Å². The number of hydrogen-bond acceptors (Lipinski definition) is 4. The molecule has 1 aliphatic rings. The van der Waals surface area contributed by atoms with Crippen molar-refractivity contribution in [3.05, 3.63) is 59.4 Å². The van der Waals surface area contributed by atoms with E-state index in [4.69, 9.17) is 4.74 Å². The van der Waals surface area contributed by atoms with Crippen LogP contribution in [-0.2, 0) is 16.4 Å². The summed E-state index contributed by atoms with van der Waals surface area (Å²) in [4.78, 5) is 2.51. The van der Waals surface area contributed by atoms with Crippen molar-refractivity contribution in [2.45, 2.75) is 24.3 Å². The second kappa shape index (κ2) is 7.96. The first kappa shape index (κ1) is 19.8. The number of fused-ring (bicyclic) bond motifs is 1. The second-order valence-corrected chi connectivity index (χ2v) is 9.06. The number of halogens is 1. The van der Waals surface area contributed by atoms with Crippen LogP contribution in [0.25, 0.3) is 0 Å². The van der Waals surface area contributed by atoms with E-state index in [9.17, 15) is 12.8 Å². The lowest BCUT2D eigenvalue weighted by Gasteiger charge is -2.35. The molecule has 0 saturated heterocycles. The molecular formula is C20H25FN2O3S. The van der Waals surface area contributed by atoms with Crippen molar-refractivity contribution < 1.29 is 17.5 Å². The quantitative estimate of drug-likeness (QED) is 0.758. The van der Waals surface area contributed by atoms with E-state index in [2.05, 4.69) is 11.8 Å². The maximum atomic E-state index is 13.5. The number of nitrogens with zero attached hydrogens (tertiary/aromatic N) is 2. The van der Waals surface area contributed by atoms with Crippen LogP contribution in [0.4, 0.5) is 4.39 Å². The minimum Gasteiger partial charge on any atom is -0.492 e. The highest BCUT2D eigenvalue weighted by atomic mass is 32.2. The molecule has 0 N–H and O–H groups in total. The smallest absolute Gasteiger partial charge is 0.242 e.